The second-order valence-electron chi connectivity index (χ2n) is 17.1. The summed E-state index contributed by atoms with van der Waals surface area (Å²) in [5.74, 6) is -0.0141. The molecule has 10 nitrogen and oxygen atoms in total. The SMILES string of the molecule is COc1ccc(COCC2(COCc3ccc(OC)cc3)OC(O)(c3ccc(Cl)c(Cc4ccc(OC)cc4)c3)C(OCc3ccccc3)[C@@H](OCc3ccccc3)[C@@H]2OCc2ccccc2)cc1. The summed E-state index contributed by atoms with van der Waals surface area (Å²) < 4.78 is 58.4. The molecule has 7 aromatic rings. The van der Waals surface area contributed by atoms with Crippen molar-refractivity contribution in [1.82, 2.24) is 0 Å². The zero-order valence-electron chi connectivity index (χ0n) is 39.2. The van der Waals surface area contributed by atoms with E-state index in [9.17, 15) is 5.11 Å². The van der Waals surface area contributed by atoms with Gasteiger partial charge < -0.3 is 47.7 Å². The molecule has 0 bridgehead atoms. The largest absolute Gasteiger partial charge is 0.497 e. The summed E-state index contributed by atoms with van der Waals surface area (Å²) in [6.07, 6.45) is -2.68. The Balaban J connectivity index is 1.27. The van der Waals surface area contributed by atoms with Gasteiger partial charge in [-0.25, -0.2) is 0 Å². The van der Waals surface area contributed by atoms with E-state index in [4.69, 9.17) is 54.2 Å². The van der Waals surface area contributed by atoms with Crippen LogP contribution in [0.5, 0.6) is 17.2 Å². The van der Waals surface area contributed by atoms with E-state index in [0.717, 1.165) is 56.2 Å². The summed E-state index contributed by atoms with van der Waals surface area (Å²) in [5, 5.41) is 14.4. The van der Waals surface area contributed by atoms with E-state index in [2.05, 4.69) is 0 Å². The van der Waals surface area contributed by atoms with Gasteiger partial charge in [0.05, 0.1) is 67.6 Å². The average molecular weight is 952 g/mol. The molecule has 1 heterocycles. The van der Waals surface area contributed by atoms with Crippen LogP contribution in [0.2, 0.25) is 5.02 Å². The molecule has 69 heavy (non-hydrogen) atoms. The minimum absolute atomic E-state index is 0.0910. The van der Waals surface area contributed by atoms with Crippen molar-refractivity contribution in [3.8, 4) is 17.2 Å². The molecule has 0 aliphatic carbocycles. The molecule has 1 fully saturated rings. The quantitative estimate of drug-likeness (QED) is 0.0667. The Bertz CT molecular complexity index is 2560. The fourth-order valence-electron chi connectivity index (χ4n) is 8.53. The van der Waals surface area contributed by atoms with Crippen LogP contribution >= 0.6 is 11.6 Å². The standard InChI is InChI=1S/C58H59ClO10/c1-61-50-26-19-42(20-27-50)33-48-34-49(25-32-53(48)59)58(60)56(68-39-45-17-11-6-12-18-45)54(66-37-43-13-7-4-8-14-43)55(67-38-44-15-9-5-10-16-44)57(69-58,40-64-35-46-21-28-51(62-2)29-22-46)41-65-36-47-23-30-52(63-3)31-24-47/h4-32,34,54-56,60H,33,35-41H2,1-3H3/t54-,55-,56?,58?/m0/s1. The molecule has 11 heteroatoms. The minimum atomic E-state index is -2.21. The number of methoxy groups -OCH3 is 3. The Kier molecular flexibility index (Phi) is 17.2. The second-order valence-corrected chi connectivity index (χ2v) is 17.5. The predicted molar refractivity (Wildman–Crippen MR) is 265 cm³/mol. The average Bonchev–Trinajstić information content (AvgIpc) is 3.39. The van der Waals surface area contributed by atoms with Crippen LogP contribution < -0.4 is 14.2 Å². The Morgan fingerprint density at radius 3 is 1.32 bits per heavy atom. The number of hydrogen-bond acceptors (Lipinski definition) is 10. The van der Waals surface area contributed by atoms with Crippen molar-refractivity contribution < 1.29 is 47.7 Å². The third-order valence-electron chi connectivity index (χ3n) is 12.3. The normalized spacial score (nSPS) is 18.7. The first kappa shape index (κ1) is 49.4. The van der Waals surface area contributed by atoms with E-state index in [1.54, 1.807) is 33.5 Å². The van der Waals surface area contributed by atoms with Crippen LogP contribution in [-0.4, -0.2) is 63.6 Å². The Morgan fingerprint density at radius 1 is 0.464 bits per heavy atom. The summed E-state index contributed by atoms with van der Waals surface area (Å²) in [7, 11) is 4.90. The summed E-state index contributed by atoms with van der Waals surface area (Å²) in [6, 6.07) is 58.2. The fraction of sp³-hybridized carbons (Fsp3) is 0.276. The van der Waals surface area contributed by atoms with Crippen LogP contribution in [0.3, 0.4) is 0 Å². The molecule has 1 aliphatic rings. The third kappa shape index (κ3) is 12.8. The molecule has 7 aromatic carbocycles. The maximum Gasteiger partial charge on any atom is 0.223 e. The van der Waals surface area contributed by atoms with Gasteiger partial charge >= 0.3 is 0 Å². The van der Waals surface area contributed by atoms with Gasteiger partial charge in [0, 0.05) is 10.6 Å². The third-order valence-corrected chi connectivity index (χ3v) is 12.6. The van der Waals surface area contributed by atoms with E-state index >= 15 is 0 Å². The van der Waals surface area contributed by atoms with Crippen LogP contribution in [0.1, 0.15) is 44.5 Å². The van der Waals surface area contributed by atoms with Crippen LogP contribution in [0.25, 0.3) is 0 Å². The first-order valence-corrected chi connectivity index (χ1v) is 23.4. The highest BCUT2D eigenvalue weighted by atomic mass is 35.5. The number of hydrogen-bond donors (Lipinski definition) is 1. The highest BCUT2D eigenvalue weighted by molar-refractivity contribution is 6.31. The van der Waals surface area contributed by atoms with E-state index in [-0.39, 0.29) is 46.2 Å². The lowest BCUT2D eigenvalue weighted by Crippen LogP contribution is -2.72. The van der Waals surface area contributed by atoms with Gasteiger partial charge in [-0.15, -0.1) is 0 Å². The van der Waals surface area contributed by atoms with Crippen molar-refractivity contribution in [3.05, 3.63) is 232 Å². The molecule has 0 radical (unpaired) electrons. The lowest BCUT2D eigenvalue weighted by molar-refractivity contribution is -0.414. The Labute approximate surface area is 410 Å². The van der Waals surface area contributed by atoms with Crippen molar-refractivity contribution in [2.45, 2.75) is 69.2 Å². The van der Waals surface area contributed by atoms with Crippen molar-refractivity contribution in [2.24, 2.45) is 0 Å². The summed E-state index contributed by atoms with van der Waals surface area (Å²) in [4.78, 5) is 0. The van der Waals surface area contributed by atoms with Crippen LogP contribution in [-0.2, 0) is 73.7 Å². The molecular formula is C58H59ClO10. The zero-order chi connectivity index (χ0) is 47.9. The fourth-order valence-corrected chi connectivity index (χ4v) is 8.72. The molecule has 2 unspecified atom stereocenters. The molecule has 1 saturated heterocycles. The van der Waals surface area contributed by atoms with E-state index in [0.29, 0.717) is 17.0 Å². The lowest BCUT2D eigenvalue weighted by Gasteiger charge is -2.56. The highest BCUT2D eigenvalue weighted by Crippen LogP contribution is 2.47. The van der Waals surface area contributed by atoms with Gasteiger partial charge in [0.15, 0.2) is 0 Å². The van der Waals surface area contributed by atoms with Crippen LogP contribution in [0.4, 0.5) is 0 Å². The lowest BCUT2D eigenvalue weighted by atomic mass is 9.80. The van der Waals surface area contributed by atoms with E-state index in [1.807, 2.05) is 170 Å². The van der Waals surface area contributed by atoms with Crippen LogP contribution in [0.15, 0.2) is 182 Å². The van der Waals surface area contributed by atoms with Gasteiger partial charge in [-0.05, 0) is 93.9 Å². The molecule has 0 spiro atoms. The van der Waals surface area contributed by atoms with Gasteiger partial charge in [-0.3, -0.25) is 0 Å². The summed E-state index contributed by atoms with van der Waals surface area (Å²) >= 11 is 7.00. The van der Waals surface area contributed by atoms with Gasteiger partial charge in [0.2, 0.25) is 5.79 Å². The van der Waals surface area contributed by atoms with Gasteiger partial charge in [-0.2, -0.15) is 0 Å². The first-order chi connectivity index (χ1) is 33.8. The van der Waals surface area contributed by atoms with Gasteiger partial charge in [0.1, 0.15) is 41.2 Å². The summed E-state index contributed by atoms with van der Waals surface area (Å²) in [6.45, 7) is 0.682. The molecular weight excluding hydrogens is 892 g/mol. The minimum Gasteiger partial charge on any atom is -0.497 e. The van der Waals surface area contributed by atoms with Crippen LogP contribution in [0, 0.1) is 0 Å². The maximum absolute atomic E-state index is 13.9. The monoisotopic (exact) mass is 950 g/mol. The highest BCUT2D eigenvalue weighted by Gasteiger charge is 2.64. The summed E-state index contributed by atoms with van der Waals surface area (Å²) in [5.41, 5.74) is 5.15. The van der Waals surface area contributed by atoms with Gasteiger partial charge in [0.25, 0.3) is 0 Å². The van der Waals surface area contributed by atoms with Gasteiger partial charge in [-0.1, -0.05) is 145 Å². The van der Waals surface area contributed by atoms with Crippen molar-refractivity contribution in [1.29, 1.82) is 0 Å². The van der Waals surface area contributed by atoms with Crippen molar-refractivity contribution >= 4 is 11.6 Å². The first-order valence-electron chi connectivity index (χ1n) is 23.0. The Morgan fingerprint density at radius 2 is 0.870 bits per heavy atom. The number of rotatable bonds is 23. The topological polar surface area (TPSA) is 103 Å². The molecule has 1 aliphatic heterocycles. The molecule has 358 valence electrons. The maximum atomic E-state index is 13.9. The molecule has 0 saturated carbocycles. The predicted octanol–water partition coefficient (Wildman–Crippen LogP) is 11.1. The second kappa shape index (κ2) is 24.0. The van der Waals surface area contributed by atoms with Crippen molar-refractivity contribution in [2.75, 3.05) is 34.5 Å². The molecule has 8 rings (SSSR count). The molecule has 1 N–H and O–H groups in total. The number of ether oxygens (including phenoxy) is 9. The van der Waals surface area contributed by atoms with Crippen molar-refractivity contribution in [3.63, 3.8) is 0 Å². The number of halogens is 1. The van der Waals surface area contributed by atoms with E-state index in [1.165, 1.54) is 0 Å². The Hall–Kier alpha value is -6.05. The van der Waals surface area contributed by atoms with E-state index < -0.39 is 29.7 Å². The molecule has 0 aromatic heterocycles. The smallest absolute Gasteiger partial charge is 0.223 e. The number of benzene rings is 7. The molecule has 4 atom stereocenters. The number of aliphatic hydroxyl groups is 1. The molecule has 0 amide bonds. The zero-order valence-corrected chi connectivity index (χ0v) is 40.0.